The van der Waals surface area contributed by atoms with Crippen LogP contribution in [0.15, 0.2) is 36.7 Å². The van der Waals surface area contributed by atoms with Gasteiger partial charge in [-0.3, -0.25) is 4.68 Å². The summed E-state index contributed by atoms with van der Waals surface area (Å²) in [5.74, 6) is 0.288. The molecular formula is C10H10N2O. The highest BCUT2D eigenvalue weighted by molar-refractivity contribution is 5.68. The van der Waals surface area contributed by atoms with Crippen LogP contribution in [-0.2, 0) is 7.05 Å². The van der Waals surface area contributed by atoms with Gasteiger partial charge in [0.05, 0.1) is 6.20 Å². The minimum Gasteiger partial charge on any atom is -0.507 e. The topological polar surface area (TPSA) is 38.0 Å². The van der Waals surface area contributed by atoms with Crippen LogP contribution in [0.25, 0.3) is 11.1 Å². The Kier molecular flexibility index (Phi) is 1.77. The second kappa shape index (κ2) is 2.94. The van der Waals surface area contributed by atoms with E-state index in [1.165, 1.54) is 0 Å². The lowest BCUT2D eigenvalue weighted by Gasteiger charge is -1.99. The largest absolute Gasteiger partial charge is 0.507 e. The third-order valence-corrected chi connectivity index (χ3v) is 1.92. The van der Waals surface area contributed by atoms with Gasteiger partial charge < -0.3 is 5.11 Å². The quantitative estimate of drug-likeness (QED) is 0.715. The summed E-state index contributed by atoms with van der Waals surface area (Å²) in [5.41, 5.74) is 1.75. The summed E-state index contributed by atoms with van der Waals surface area (Å²) in [6, 6.07) is 7.23. The Morgan fingerprint density at radius 2 is 2.08 bits per heavy atom. The Morgan fingerprint density at radius 3 is 2.69 bits per heavy atom. The third-order valence-electron chi connectivity index (χ3n) is 1.92. The van der Waals surface area contributed by atoms with Gasteiger partial charge in [-0.25, -0.2) is 0 Å². The van der Waals surface area contributed by atoms with Gasteiger partial charge >= 0.3 is 0 Å². The van der Waals surface area contributed by atoms with Gasteiger partial charge in [0, 0.05) is 24.4 Å². The maximum Gasteiger partial charge on any atom is 0.123 e. The van der Waals surface area contributed by atoms with Gasteiger partial charge in [0.15, 0.2) is 0 Å². The molecule has 2 rings (SSSR count). The van der Waals surface area contributed by atoms with Gasteiger partial charge in [0.1, 0.15) is 5.75 Å². The predicted octanol–water partition coefficient (Wildman–Crippen LogP) is 1.79. The van der Waals surface area contributed by atoms with Crippen LogP contribution in [0.4, 0.5) is 0 Å². The zero-order valence-electron chi connectivity index (χ0n) is 7.31. The average Bonchev–Trinajstić information content (AvgIpc) is 2.53. The van der Waals surface area contributed by atoms with Crippen LogP contribution < -0.4 is 0 Å². The van der Waals surface area contributed by atoms with Gasteiger partial charge in [-0.1, -0.05) is 18.2 Å². The number of phenolic OH excluding ortho intramolecular Hbond substituents is 1. The molecule has 0 atom stereocenters. The predicted molar refractivity (Wildman–Crippen MR) is 50.3 cm³/mol. The molecule has 2 aromatic rings. The fourth-order valence-corrected chi connectivity index (χ4v) is 1.28. The van der Waals surface area contributed by atoms with Crippen LogP contribution in [0.3, 0.4) is 0 Å². The van der Waals surface area contributed by atoms with E-state index in [1.807, 2.05) is 25.4 Å². The number of phenols is 1. The number of nitrogens with zero attached hydrogens (tertiary/aromatic N) is 2. The lowest BCUT2D eigenvalue weighted by atomic mass is 10.1. The monoisotopic (exact) mass is 174 g/mol. The highest BCUT2D eigenvalue weighted by Crippen LogP contribution is 2.27. The number of aromatic hydroxyl groups is 1. The summed E-state index contributed by atoms with van der Waals surface area (Å²) < 4.78 is 1.71. The summed E-state index contributed by atoms with van der Waals surface area (Å²) in [7, 11) is 1.85. The molecule has 0 saturated heterocycles. The van der Waals surface area contributed by atoms with Crippen molar-refractivity contribution in [1.29, 1.82) is 0 Å². The number of hydrogen-bond donors (Lipinski definition) is 1. The van der Waals surface area contributed by atoms with E-state index < -0.39 is 0 Å². The number of para-hydroxylation sites is 1. The van der Waals surface area contributed by atoms with Crippen molar-refractivity contribution in [2.45, 2.75) is 0 Å². The van der Waals surface area contributed by atoms with Crippen molar-refractivity contribution in [2.24, 2.45) is 7.05 Å². The zero-order valence-corrected chi connectivity index (χ0v) is 7.31. The standard InChI is InChI=1S/C10H10N2O/c1-12-7-8(6-11-12)9-4-2-3-5-10(9)13/h2-7,13H,1H3. The van der Waals surface area contributed by atoms with Crippen molar-refractivity contribution in [3.05, 3.63) is 36.7 Å². The molecule has 0 amide bonds. The summed E-state index contributed by atoms with van der Waals surface area (Å²) in [6.45, 7) is 0. The normalized spacial score (nSPS) is 10.2. The first-order chi connectivity index (χ1) is 6.27. The Bertz CT molecular complexity index is 420. The minimum atomic E-state index is 0.288. The molecule has 1 aromatic heterocycles. The SMILES string of the molecule is Cn1cc(-c2ccccc2O)cn1. The van der Waals surface area contributed by atoms with E-state index in [1.54, 1.807) is 23.0 Å². The molecule has 13 heavy (non-hydrogen) atoms. The summed E-state index contributed by atoms with van der Waals surface area (Å²) in [6.07, 6.45) is 3.60. The fraction of sp³-hybridized carbons (Fsp3) is 0.100. The molecular weight excluding hydrogens is 164 g/mol. The number of aromatic nitrogens is 2. The first-order valence-corrected chi connectivity index (χ1v) is 4.04. The smallest absolute Gasteiger partial charge is 0.123 e. The van der Waals surface area contributed by atoms with Crippen molar-refractivity contribution in [1.82, 2.24) is 9.78 Å². The second-order valence-electron chi connectivity index (χ2n) is 2.92. The van der Waals surface area contributed by atoms with Gasteiger partial charge in [0.2, 0.25) is 0 Å². The molecule has 0 aliphatic rings. The summed E-state index contributed by atoms with van der Waals surface area (Å²) in [4.78, 5) is 0. The van der Waals surface area contributed by atoms with E-state index in [9.17, 15) is 5.11 Å². The number of rotatable bonds is 1. The highest BCUT2D eigenvalue weighted by Gasteiger charge is 2.03. The molecule has 0 saturated carbocycles. The van der Waals surface area contributed by atoms with Gasteiger partial charge in [-0.15, -0.1) is 0 Å². The molecule has 0 spiro atoms. The van der Waals surface area contributed by atoms with Crippen LogP contribution >= 0.6 is 0 Å². The first-order valence-electron chi connectivity index (χ1n) is 4.04. The minimum absolute atomic E-state index is 0.288. The van der Waals surface area contributed by atoms with Crippen molar-refractivity contribution in [3.8, 4) is 16.9 Å². The molecule has 0 unspecified atom stereocenters. The van der Waals surface area contributed by atoms with Gasteiger partial charge in [-0.05, 0) is 6.07 Å². The molecule has 0 aliphatic carbocycles. The Morgan fingerprint density at radius 1 is 1.31 bits per heavy atom. The van der Waals surface area contributed by atoms with Crippen LogP contribution in [0.2, 0.25) is 0 Å². The average molecular weight is 174 g/mol. The molecule has 0 bridgehead atoms. The van der Waals surface area contributed by atoms with E-state index >= 15 is 0 Å². The molecule has 1 heterocycles. The number of hydrogen-bond acceptors (Lipinski definition) is 2. The van der Waals surface area contributed by atoms with E-state index in [4.69, 9.17) is 0 Å². The van der Waals surface area contributed by atoms with Crippen molar-refractivity contribution in [2.75, 3.05) is 0 Å². The molecule has 3 heteroatoms. The highest BCUT2D eigenvalue weighted by atomic mass is 16.3. The maximum absolute atomic E-state index is 9.54. The lowest BCUT2D eigenvalue weighted by Crippen LogP contribution is -1.84. The van der Waals surface area contributed by atoms with Crippen LogP contribution in [0.5, 0.6) is 5.75 Å². The van der Waals surface area contributed by atoms with E-state index in [2.05, 4.69) is 5.10 Å². The van der Waals surface area contributed by atoms with E-state index in [0.29, 0.717) is 0 Å². The van der Waals surface area contributed by atoms with Crippen molar-refractivity contribution >= 4 is 0 Å². The Hall–Kier alpha value is -1.77. The molecule has 1 N–H and O–H groups in total. The van der Waals surface area contributed by atoms with E-state index in [-0.39, 0.29) is 5.75 Å². The van der Waals surface area contributed by atoms with E-state index in [0.717, 1.165) is 11.1 Å². The number of benzene rings is 1. The van der Waals surface area contributed by atoms with Gasteiger partial charge in [-0.2, -0.15) is 5.10 Å². The summed E-state index contributed by atoms with van der Waals surface area (Å²) in [5, 5.41) is 13.6. The fourth-order valence-electron chi connectivity index (χ4n) is 1.28. The van der Waals surface area contributed by atoms with Crippen LogP contribution in [-0.4, -0.2) is 14.9 Å². The maximum atomic E-state index is 9.54. The zero-order chi connectivity index (χ0) is 9.26. The van der Waals surface area contributed by atoms with Crippen molar-refractivity contribution < 1.29 is 5.11 Å². The second-order valence-corrected chi connectivity index (χ2v) is 2.92. The third kappa shape index (κ3) is 1.40. The molecule has 0 aliphatic heterocycles. The van der Waals surface area contributed by atoms with Gasteiger partial charge in [0.25, 0.3) is 0 Å². The molecule has 3 nitrogen and oxygen atoms in total. The molecule has 66 valence electrons. The van der Waals surface area contributed by atoms with Crippen molar-refractivity contribution in [3.63, 3.8) is 0 Å². The Labute approximate surface area is 76.3 Å². The molecule has 1 aromatic carbocycles. The Balaban J connectivity index is 2.52. The summed E-state index contributed by atoms with van der Waals surface area (Å²) >= 11 is 0. The first kappa shape index (κ1) is 7.86. The molecule has 0 fully saturated rings. The van der Waals surface area contributed by atoms with Crippen LogP contribution in [0, 0.1) is 0 Å². The molecule has 0 radical (unpaired) electrons. The number of aryl methyl sites for hydroxylation is 1. The van der Waals surface area contributed by atoms with Crippen LogP contribution in [0.1, 0.15) is 0 Å². The lowest BCUT2D eigenvalue weighted by molar-refractivity contribution is 0.477.